The topological polar surface area (TPSA) is 100 Å². The van der Waals surface area contributed by atoms with Crippen molar-refractivity contribution in [1.82, 2.24) is 14.9 Å². The molecule has 0 bridgehead atoms. The Balaban J connectivity index is 1.12. The molecule has 0 radical (unpaired) electrons. The molecule has 1 amide bonds. The maximum atomic E-state index is 12.6. The van der Waals surface area contributed by atoms with Crippen molar-refractivity contribution in [3.05, 3.63) is 77.9 Å². The van der Waals surface area contributed by atoms with Gasteiger partial charge in [0, 0.05) is 25.1 Å². The van der Waals surface area contributed by atoms with Gasteiger partial charge in [0.15, 0.2) is 12.0 Å². The molecule has 0 unspecified atom stereocenters. The van der Waals surface area contributed by atoms with Crippen LogP contribution in [0.1, 0.15) is 37.7 Å². The quantitative estimate of drug-likeness (QED) is 0.500. The number of amides is 1. The number of ketones is 1. The second-order valence-electron chi connectivity index (χ2n) is 8.72. The van der Waals surface area contributed by atoms with Crippen molar-refractivity contribution in [2.75, 3.05) is 13.7 Å². The number of allylic oxidation sites excluding steroid dienone is 4. The third kappa shape index (κ3) is 5.25. The summed E-state index contributed by atoms with van der Waals surface area (Å²) in [5.41, 5.74) is 3.45. The van der Waals surface area contributed by atoms with Gasteiger partial charge in [-0.3, -0.25) is 9.78 Å². The first kappa shape index (κ1) is 23.6. The molecule has 1 atom stereocenters. The summed E-state index contributed by atoms with van der Waals surface area (Å²) in [6.07, 6.45) is 13.2. The molecule has 9 nitrogen and oxygen atoms in total. The van der Waals surface area contributed by atoms with Crippen LogP contribution >= 0.6 is 0 Å². The van der Waals surface area contributed by atoms with E-state index < -0.39 is 12.2 Å². The van der Waals surface area contributed by atoms with Crippen LogP contribution in [0.15, 0.2) is 72.4 Å². The molecule has 9 heteroatoms. The minimum Gasteiger partial charge on any atom is -0.481 e. The number of Topliss-reactive ketones (excluding diaryl/α,β-unsaturated/α-hetero) is 1. The number of ether oxygens (including phenoxy) is 4. The Morgan fingerprint density at radius 1 is 1.22 bits per heavy atom. The smallest absolute Gasteiger partial charge is 0.417 e. The van der Waals surface area contributed by atoms with E-state index >= 15 is 0 Å². The first-order chi connectivity index (χ1) is 17.6. The van der Waals surface area contributed by atoms with E-state index in [-0.39, 0.29) is 11.7 Å². The number of rotatable bonds is 9. The maximum Gasteiger partial charge on any atom is 0.417 e. The molecule has 0 N–H and O–H groups in total. The van der Waals surface area contributed by atoms with Gasteiger partial charge in [-0.1, -0.05) is 18.2 Å². The van der Waals surface area contributed by atoms with E-state index in [1.165, 1.54) is 17.4 Å². The molecule has 4 heterocycles. The third-order valence-corrected chi connectivity index (χ3v) is 6.30. The molecular formula is C27H27N3O6. The van der Waals surface area contributed by atoms with Crippen molar-refractivity contribution in [3.8, 4) is 5.88 Å². The van der Waals surface area contributed by atoms with Crippen LogP contribution < -0.4 is 4.74 Å². The number of hydrogen-bond donors (Lipinski definition) is 0. The highest BCUT2D eigenvalue weighted by Gasteiger charge is 2.36. The summed E-state index contributed by atoms with van der Waals surface area (Å²) in [6, 6.07) is 5.49. The summed E-state index contributed by atoms with van der Waals surface area (Å²) in [7, 11) is 1.57. The van der Waals surface area contributed by atoms with E-state index in [9.17, 15) is 9.59 Å². The van der Waals surface area contributed by atoms with Crippen LogP contribution in [0.25, 0.3) is 11.0 Å². The number of nitrogens with zero attached hydrogens (tertiary/aromatic N) is 3. The average molecular weight is 490 g/mol. The Labute approximate surface area is 208 Å². The lowest BCUT2D eigenvalue weighted by Crippen LogP contribution is -2.27. The van der Waals surface area contributed by atoms with E-state index in [1.807, 2.05) is 24.3 Å². The zero-order valence-electron chi connectivity index (χ0n) is 20.0. The van der Waals surface area contributed by atoms with Gasteiger partial charge in [0.25, 0.3) is 0 Å². The number of pyridine rings is 2. The molecule has 3 aliphatic rings. The van der Waals surface area contributed by atoms with E-state index in [2.05, 4.69) is 16.0 Å². The highest BCUT2D eigenvalue weighted by Crippen LogP contribution is 2.30. The van der Waals surface area contributed by atoms with Gasteiger partial charge in [0.1, 0.15) is 18.1 Å². The van der Waals surface area contributed by atoms with Crippen molar-refractivity contribution in [1.29, 1.82) is 0 Å². The Hall–Kier alpha value is -4.14. The first-order valence-corrected chi connectivity index (χ1v) is 12.0. The van der Waals surface area contributed by atoms with Gasteiger partial charge in [0.05, 0.1) is 24.7 Å². The fourth-order valence-corrected chi connectivity index (χ4v) is 4.33. The average Bonchev–Trinajstić information content (AvgIpc) is 3.31. The predicted molar refractivity (Wildman–Crippen MR) is 130 cm³/mol. The monoisotopic (exact) mass is 489 g/mol. The minimum absolute atomic E-state index is 0.0938. The Kier molecular flexibility index (Phi) is 6.97. The Bertz CT molecular complexity index is 1300. The first-order valence-electron chi connectivity index (χ1n) is 12.0. The normalized spacial score (nSPS) is 19.1. The lowest BCUT2D eigenvalue weighted by Gasteiger charge is -2.23. The molecule has 2 aromatic rings. The van der Waals surface area contributed by atoms with E-state index in [4.69, 9.17) is 18.9 Å². The number of carbonyl (C=O) groups is 2. The summed E-state index contributed by atoms with van der Waals surface area (Å²) in [5.74, 6) is 1.47. The second kappa shape index (κ2) is 10.6. The molecule has 1 saturated heterocycles. The number of fused-ring (bicyclic) bond motifs is 1. The molecule has 1 fully saturated rings. The lowest BCUT2D eigenvalue weighted by molar-refractivity contribution is -0.119. The van der Waals surface area contributed by atoms with Gasteiger partial charge in [-0.05, 0) is 49.0 Å². The maximum absolute atomic E-state index is 12.6. The Morgan fingerprint density at radius 3 is 2.97 bits per heavy atom. The van der Waals surface area contributed by atoms with Crippen molar-refractivity contribution in [3.63, 3.8) is 0 Å². The molecule has 36 heavy (non-hydrogen) atoms. The highest BCUT2D eigenvalue weighted by molar-refractivity contribution is 5.81. The number of carbonyl (C=O) groups excluding carboxylic acids is 2. The molecule has 0 aromatic carbocycles. The Morgan fingerprint density at radius 2 is 2.14 bits per heavy atom. The van der Waals surface area contributed by atoms with E-state index in [1.54, 1.807) is 19.4 Å². The van der Waals surface area contributed by atoms with Gasteiger partial charge < -0.3 is 18.9 Å². The van der Waals surface area contributed by atoms with Crippen molar-refractivity contribution >= 4 is 22.9 Å². The molecular weight excluding hydrogens is 462 g/mol. The molecule has 1 aliphatic carbocycles. The summed E-state index contributed by atoms with van der Waals surface area (Å²) >= 11 is 0. The zero-order valence-corrected chi connectivity index (χ0v) is 20.0. The molecule has 2 aliphatic heterocycles. The van der Waals surface area contributed by atoms with E-state index in [0.717, 1.165) is 35.0 Å². The SMILES string of the molecule is COc1ccc2nccc(CCC(=O)CC[C@@H]3CN(C4=COC=C(C5=CC=CCC5)O4)C(=O)O3)c2n1. The van der Waals surface area contributed by atoms with Crippen molar-refractivity contribution in [2.24, 2.45) is 0 Å². The zero-order chi connectivity index (χ0) is 24.9. The number of methoxy groups -OCH3 is 1. The van der Waals surface area contributed by atoms with Crippen molar-refractivity contribution < 1.29 is 28.5 Å². The fraction of sp³-hybridized carbons (Fsp3) is 0.333. The van der Waals surface area contributed by atoms with E-state index in [0.29, 0.717) is 43.9 Å². The second-order valence-corrected chi connectivity index (χ2v) is 8.72. The van der Waals surface area contributed by atoms with Crippen LogP contribution in [-0.2, 0) is 25.4 Å². The highest BCUT2D eigenvalue weighted by atomic mass is 16.6. The summed E-state index contributed by atoms with van der Waals surface area (Å²) in [6.45, 7) is 0.298. The van der Waals surface area contributed by atoms with Crippen LogP contribution in [0.3, 0.4) is 0 Å². The van der Waals surface area contributed by atoms with Gasteiger partial charge in [0.2, 0.25) is 11.8 Å². The summed E-state index contributed by atoms with van der Waals surface area (Å²) in [4.78, 5) is 35.3. The summed E-state index contributed by atoms with van der Waals surface area (Å²) in [5, 5.41) is 0. The number of cyclic esters (lactones) is 1. The lowest BCUT2D eigenvalue weighted by atomic mass is 10.0. The molecule has 0 saturated carbocycles. The largest absolute Gasteiger partial charge is 0.481 e. The molecule has 186 valence electrons. The molecule has 2 aromatic heterocycles. The van der Waals surface area contributed by atoms with Crippen molar-refractivity contribution in [2.45, 2.75) is 44.6 Å². The standard InChI is InChI=1S/C27H27N3O6/c1-33-24-12-11-22-26(29-24)19(13-14-28-22)7-8-20(31)9-10-21-15-30(27(32)35-21)25-17-34-16-23(36-25)18-5-3-2-4-6-18/h2-3,5,11-14,16-17,21H,4,6-10,15H2,1H3/t21-/m1/s1. The van der Waals surface area contributed by atoms with Crippen LogP contribution in [0.2, 0.25) is 0 Å². The van der Waals surface area contributed by atoms with Crippen LogP contribution in [0, 0.1) is 0 Å². The molecule has 5 rings (SSSR count). The number of aromatic nitrogens is 2. The number of aryl methyl sites for hydroxylation is 1. The van der Waals surface area contributed by atoms with Gasteiger partial charge in [-0.25, -0.2) is 14.7 Å². The predicted octanol–water partition coefficient (Wildman–Crippen LogP) is 4.70. The molecule has 0 spiro atoms. The van der Waals surface area contributed by atoms with Gasteiger partial charge >= 0.3 is 6.09 Å². The fourth-order valence-electron chi connectivity index (χ4n) is 4.33. The van der Waals surface area contributed by atoms with Crippen LogP contribution in [0.5, 0.6) is 5.88 Å². The van der Waals surface area contributed by atoms with Crippen LogP contribution in [0.4, 0.5) is 4.79 Å². The van der Waals surface area contributed by atoms with Gasteiger partial charge in [-0.2, -0.15) is 0 Å². The van der Waals surface area contributed by atoms with Gasteiger partial charge in [-0.15, -0.1) is 0 Å². The summed E-state index contributed by atoms with van der Waals surface area (Å²) < 4.78 is 22.1. The van der Waals surface area contributed by atoms with Crippen LogP contribution in [-0.4, -0.2) is 46.5 Å². The number of hydrogen-bond acceptors (Lipinski definition) is 8. The minimum atomic E-state index is -0.510. The third-order valence-electron chi connectivity index (χ3n) is 6.30.